The Kier molecular flexibility index (Phi) is 5.37. The molecule has 0 unspecified atom stereocenters. The molecule has 2 aromatic carbocycles. The van der Waals surface area contributed by atoms with Crippen LogP contribution in [-0.2, 0) is 6.61 Å². The molecule has 1 heterocycles. The van der Waals surface area contributed by atoms with Gasteiger partial charge in [0.05, 0.1) is 13.3 Å². The Morgan fingerprint density at radius 1 is 1.19 bits per heavy atom. The van der Waals surface area contributed by atoms with Gasteiger partial charge >= 0.3 is 0 Å². The Morgan fingerprint density at radius 3 is 2.77 bits per heavy atom. The number of aromatic nitrogens is 3. The highest BCUT2D eigenvalue weighted by atomic mass is 19.1. The molecule has 1 aromatic heterocycles. The average molecular weight is 359 g/mol. The second-order valence-electron chi connectivity index (χ2n) is 5.13. The van der Waals surface area contributed by atoms with Gasteiger partial charge in [0.2, 0.25) is 0 Å². The van der Waals surface area contributed by atoms with Crippen LogP contribution in [0.4, 0.5) is 8.78 Å². The number of methoxy groups -OCH3 is 1. The predicted molar refractivity (Wildman–Crippen MR) is 90.7 cm³/mol. The highest BCUT2D eigenvalue weighted by Gasteiger charge is 2.09. The molecule has 0 aliphatic carbocycles. The van der Waals surface area contributed by atoms with Crippen LogP contribution in [0.2, 0.25) is 0 Å². The maximum atomic E-state index is 13.7. The van der Waals surface area contributed by atoms with Crippen LogP contribution in [0.25, 0.3) is 0 Å². The molecular weight excluding hydrogens is 344 g/mol. The fourth-order valence-corrected chi connectivity index (χ4v) is 2.16. The van der Waals surface area contributed by atoms with Crippen molar-refractivity contribution in [3.05, 3.63) is 71.8 Å². The molecular formula is C17H15F2N5O2. The van der Waals surface area contributed by atoms with Gasteiger partial charge in [-0.25, -0.2) is 13.8 Å². The zero-order valence-electron chi connectivity index (χ0n) is 13.8. The lowest BCUT2D eigenvalue weighted by atomic mass is 10.1. The van der Waals surface area contributed by atoms with Crippen molar-refractivity contribution >= 4 is 6.21 Å². The minimum atomic E-state index is -0.765. The van der Waals surface area contributed by atoms with Gasteiger partial charge < -0.3 is 9.47 Å². The Hall–Kier alpha value is -3.49. The molecule has 7 nitrogen and oxygen atoms in total. The van der Waals surface area contributed by atoms with E-state index < -0.39 is 11.6 Å². The van der Waals surface area contributed by atoms with E-state index in [0.717, 1.165) is 17.7 Å². The van der Waals surface area contributed by atoms with Crippen LogP contribution >= 0.6 is 0 Å². The average Bonchev–Trinajstić information content (AvgIpc) is 3.14. The summed E-state index contributed by atoms with van der Waals surface area (Å²) in [5.41, 5.74) is 4.10. The number of hydrogen-bond acceptors (Lipinski definition) is 6. The predicted octanol–water partition coefficient (Wildman–Crippen LogP) is 2.72. The monoisotopic (exact) mass is 359 g/mol. The molecule has 0 fully saturated rings. The summed E-state index contributed by atoms with van der Waals surface area (Å²) in [4.78, 5) is 5.11. The zero-order chi connectivity index (χ0) is 18.4. The molecule has 3 rings (SSSR count). The fourth-order valence-electron chi connectivity index (χ4n) is 2.16. The first-order valence-corrected chi connectivity index (χ1v) is 7.54. The third-order valence-electron chi connectivity index (χ3n) is 3.37. The lowest BCUT2D eigenvalue weighted by Crippen LogP contribution is -2.08. The van der Waals surface area contributed by atoms with Gasteiger partial charge in [-0.3, -0.25) is 0 Å². The molecule has 9 heteroatoms. The first-order chi connectivity index (χ1) is 12.7. The van der Waals surface area contributed by atoms with Gasteiger partial charge in [-0.1, -0.05) is 0 Å². The van der Waals surface area contributed by atoms with Crippen LogP contribution in [0.3, 0.4) is 0 Å². The molecule has 0 saturated heterocycles. The molecule has 0 amide bonds. The van der Waals surface area contributed by atoms with Crippen molar-refractivity contribution < 1.29 is 18.3 Å². The molecule has 0 aliphatic rings. The molecule has 0 saturated carbocycles. The smallest absolute Gasteiger partial charge is 0.167 e. The summed E-state index contributed by atoms with van der Waals surface area (Å²) in [5, 5.41) is 7.87. The summed E-state index contributed by atoms with van der Waals surface area (Å²) in [6.07, 6.45) is 4.41. The van der Waals surface area contributed by atoms with Gasteiger partial charge in [-0.2, -0.15) is 10.6 Å². The number of hydrazone groups is 1. The highest BCUT2D eigenvalue weighted by Crippen LogP contribution is 2.23. The van der Waals surface area contributed by atoms with Crippen molar-refractivity contribution in [1.82, 2.24) is 14.9 Å². The largest absolute Gasteiger partial charge is 0.496 e. The third kappa shape index (κ3) is 4.32. The molecule has 0 aliphatic heterocycles. The van der Waals surface area contributed by atoms with Gasteiger partial charge in [0.25, 0.3) is 0 Å². The molecule has 0 spiro atoms. The minimum absolute atomic E-state index is 0.0413. The summed E-state index contributed by atoms with van der Waals surface area (Å²) < 4.78 is 37.4. The number of nitrogens with zero attached hydrogens (tertiary/aromatic N) is 4. The van der Waals surface area contributed by atoms with E-state index in [1.165, 1.54) is 30.6 Å². The minimum Gasteiger partial charge on any atom is -0.496 e. The first-order valence-electron chi connectivity index (χ1n) is 7.54. The topological polar surface area (TPSA) is 73.6 Å². The van der Waals surface area contributed by atoms with Crippen LogP contribution in [0, 0.1) is 11.6 Å². The van der Waals surface area contributed by atoms with Crippen molar-refractivity contribution in [2.24, 2.45) is 5.10 Å². The summed E-state index contributed by atoms with van der Waals surface area (Å²) in [7, 11) is 1.53. The standard InChI is InChI=1S/C17H15F2N5O2/c1-25-16-4-2-12(8-21-23-24-11-20-10-22-24)6-13(16)9-26-17-5-3-14(18)7-15(17)19/h2-8,10-11,23H,9H2,1H3. The Balaban J connectivity index is 1.71. The maximum Gasteiger partial charge on any atom is 0.167 e. The van der Waals surface area contributed by atoms with Crippen LogP contribution in [0.5, 0.6) is 11.5 Å². The first kappa shape index (κ1) is 17.3. The molecule has 0 bridgehead atoms. The number of halogens is 2. The summed E-state index contributed by atoms with van der Waals surface area (Å²) in [6, 6.07) is 8.47. The van der Waals surface area contributed by atoms with Gasteiger partial charge in [-0.05, 0) is 35.9 Å². The summed E-state index contributed by atoms with van der Waals surface area (Å²) in [6.45, 7) is 0.0455. The number of nitrogens with one attached hydrogen (secondary N) is 1. The van der Waals surface area contributed by atoms with Gasteiger partial charge in [0.1, 0.15) is 30.8 Å². The van der Waals surface area contributed by atoms with Crippen LogP contribution in [-0.4, -0.2) is 28.2 Å². The molecule has 3 aromatic rings. The fraction of sp³-hybridized carbons (Fsp3) is 0.118. The van der Waals surface area contributed by atoms with Crippen LogP contribution < -0.4 is 15.0 Å². The lowest BCUT2D eigenvalue weighted by molar-refractivity contribution is 0.282. The Labute approximate surface area is 147 Å². The van der Waals surface area contributed by atoms with Crippen molar-refractivity contribution in [3.63, 3.8) is 0 Å². The molecule has 0 radical (unpaired) electrons. The molecule has 1 N–H and O–H groups in total. The third-order valence-corrected chi connectivity index (χ3v) is 3.37. The maximum absolute atomic E-state index is 13.7. The normalized spacial score (nSPS) is 10.9. The van der Waals surface area contributed by atoms with E-state index in [1.54, 1.807) is 24.4 Å². The summed E-state index contributed by atoms with van der Waals surface area (Å²) >= 11 is 0. The summed E-state index contributed by atoms with van der Waals surface area (Å²) in [5.74, 6) is -0.890. The van der Waals surface area contributed by atoms with E-state index in [9.17, 15) is 8.78 Å². The lowest BCUT2D eigenvalue weighted by Gasteiger charge is -2.11. The second-order valence-corrected chi connectivity index (χ2v) is 5.13. The van der Waals surface area contributed by atoms with Gasteiger partial charge in [0, 0.05) is 11.6 Å². The molecule has 0 atom stereocenters. The van der Waals surface area contributed by atoms with Crippen molar-refractivity contribution in [2.75, 3.05) is 12.6 Å². The van der Waals surface area contributed by atoms with E-state index >= 15 is 0 Å². The highest BCUT2D eigenvalue weighted by molar-refractivity contribution is 5.80. The van der Waals surface area contributed by atoms with E-state index in [-0.39, 0.29) is 12.4 Å². The number of hydrogen-bond donors (Lipinski definition) is 1. The van der Waals surface area contributed by atoms with Gasteiger partial charge in [0.15, 0.2) is 11.6 Å². The molecule has 26 heavy (non-hydrogen) atoms. The van der Waals surface area contributed by atoms with E-state index in [0.29, 0.717) is 11.3 Å². The van der Waals surface area contributed by atoms with Crippen molar-refractivity contribution in [3.8, 4) is 11.5 Å². The second kappa shape index (κ2) is 8.06. The number of rotatable bonds is 7. The Bertz CT molecular complexity index is 900. The zero-order valence-corrected chi connectivity index (χ0v) is 13.8. The van der Waals surface area contributed by atoms with E-state index in [1.807, 2.05) is 0 Å². The van der Waals surface area contributed by atoms with E-state index in [2.05, 4.69) is 20.7 Å². The Morgan fingerprint density at radius 2 is 2.04 bits per heavy atom. The number of ether oxygens (including phenoxy) is 2. The quantitative estimate of drug-likeness (QED) is 0.519. The van der Waals surface area contributed by atoms with Crippen LogP contribution in [0.1, 0.15) is 11.1 Å². The number of benzene rings is 2. The van der Waals surface area contributed by atoms with E-state index in [4.69, 9.17) is 9.47 Å². The SMILES string of the molecule is COc1ccc(C=NNn2cncn2)cc1COc1ccc(F)cc1F. The van der Waals surface area contributed by atoms with Crippen molar-refractivity contribution in [2.45, 2.75) is 6.61 Å². The van der Waals surface area contributed by atoms with Crippen molar-refractivity contribution in [1.29, 1.82) is 0 Å². The van der Waals surface area contributed by atoms with Crippen LogP contribution in [0.15, 0.2) is 54.2 Å². The van der Waals surface area contributed by atoms with Gasteiger partial charge in [-0.15, -0.1) is 9.89 Å². The molecule has 134 valence electrons.